The van der Waals surface area contributed by atoms with Gasteiger partial charge in [-0.1, -0.05) is 38.1 Å². The molecule has 1 fully saturated rings. The molecule has 8 heteroatoms. The van der Waals surface area contributed by atoms with E-state index in [0.717, 1.165) is 11.3 Å². The van der Waals surface area contributed by atoms with Crippen LogP contribution in [0.5, 0.6) is 5.75 Å². The number of piperidine rings is 1. The maximum atomic E-state index is 13.0. The summed E-state index contributed by atoms with van der Waals surface area (Å²) in [5.41, 5.74) is 2.57. The summed E-state index contributed by atoms with van der Waals surface area (Å²) in [5.74, 6) is 0.625. The number of hydrogen-bond donors (Lipinski definition) is 1. The summed E-state index contributed by atoms with van der Waals surface area (Å²) >= 11 is 0. The number of aromatic nitrogens is 1. The van der Waals surface area contributed by atoms with Crippen LogP contribution in [0.1, 0.15) is 43.9 Å². The van der Waals surface area contributed by atoms with Gasteiger partial charge in [-0.05, 0) is 60.7 Å². The molecule has 0 atom stereocenters. The fourth-order valence-electron chi connectivity index (χ4n) is 4.08. The number of carbonyl (C=O) groups excluding carboxylic acids is 1. The number of nitrogens with one attached hydrogen (secondary N) is 1. The van der Waals surface area contributed by atoms with E-state index in [2.05, 4.69) is 24.1 Å². The van der Waals surface area contributed by atoms with Gasteiger partial charge >= 0.3 is 0 Å². The van der Waals surface area contributed by atoms with Gasteiger partial charge in [-0.25, -0.2) is 8.42 Å². The maximum absolute atomic E-state index is 13.0. The molecular formula is C27H31N3O4S. The molecule has 0 bridgehead atoms. The zero-order valence-electron chi connectivity index (χ0n) is 20.1. The molecule has 1 amide bonds. The third-order valence-corrected chi connectivity index (χ3v) is 8.14. The number of sulfonamides is 1. The molecule has 184 valence electrons. The monoisotopic (exact) mass is 493 g/mol. The fourth-order valence-corrected chi connectivity index (χ4v) is 5.55. The van der Waals surface area contributed by atoms with Gasteiger partial charge in [0.2, 0.25) is 15.9 Å². The number of hydrogen-bond acceptors (Lipinski definition) is 5. The largest absolute Gasteiger partial charge is 0.487 e. The number of carbonyl (C=O) groups is 1. The SMILES string of the molecule is CC(C)c1ccc(S(=O)(=O)N2CCC(C(=O)Nc3cccc(OCc4ccccn4)c3)CC2)cc1. The Balaban J connectivity index is 1.31. The topological polar surface area (TPSA) is 88.6 Å². The number of nitrogens with zero attached hydrogens (tertiary/aromatic N) is 2. The summed E-state index contributed by atoms with van der Waals surface area (Å²) < 4.78 is 33.4. The van der Waals surface area contributed by atoms with Gasteiger partial charge in [-0.3, -0.25) is 9.78 Å². The van der Waals surface area contributed by atoms with Crippen LogP contribution >= 0.6 is 0 Å². The van der Waals surface area contributed by atoms with E-state index in [1.807, 2.05) is 48.5 Å². The lowest BCUT2D eigenvalue weighted by Crippen LogP contribution is -2.41. The van der Waals surface area contributed by atoms with E-state index in [-0.39, 0.29) is 11.8 Å². The third kappa shape index (κ3) is 6.26. The molecule has 1 aromatic heterocycles. The molecule has 0 spiro atoms. The predicted octanol–water partition coefficient (Wildman–Crippen LogP) is 4.82. The lowest BCUT2D eigenvalue weighted by molar-refractivity contribution is -0.120. The number of benzene rings is 2. The Bertz CT molecular complexity index is 1240. The average Bonchev–Trinajstić information content (AvgIpc) is 2.88. The first kappa shape index (κ1) is 24.9. The maximum Gasteiger partial charge on any atom is 0.243 e. The summed E-state index contributed by atoms with van der Waals surface area (Å²) in [6.07, 6.45) is 2.67. The minimum Gasteiger partial charge on any atom is -0.487 e. The van der Waals surface area contributed by atoms with Crippen LogP contribution in [0, 0.1) is 5.92 Å². The van der Waals surface area contributed by atoms with E-state index < -0.39 is 10.0 Å². The van der Waals surface area contributed by atoms with Crippen LogP contribution in [0.2, 0.25) is 0 Å². The van der Waals surface area contributed by atoms with Gasteiger partial charge in [0.1, 0.15) is 12.4 Å². The van der Waals surface area contributed by atoms with Crippen molar-refractivity contribution in [1.29, 1.82) is 0 Å². The predicted molar refractivity (Wildman–Crippen MR) is 136 cm³/mol. The molecule has 35 heavy (non-hydrogen) atoms. The van der Waals surface area contributed by atoms with E-state index in [4.69, 9.17) is 4.74 Å². The van der Waals surface area contributed by atoms with Crippen molar-refractivity contribution in [2.24, 2.45) is 5.92 Å². The zero-order chi connectivity index (χ0) is 24.8. The van der Waals surface area contributed by atoms with Crippen LogP contribution in [-0.4, -0.2) is 36.7 Å². The van der Waals surface area contributed by atoms with Gasteiger partial charge in [-0.15, -0.1) is 0 Å². The summed E-state index contributed by atoms with van der Waals surface area (Å²) in [5, 5.41) is 2.95. The van der Waals surface area contributed by atoms with Crippen LogP contribution < -0.4 is 10.1 Å². The number of pyridine rings is 1. The fraction of sp³-hybridized carbons (Fsp3) is 0.333. The van der Waals surface area contributed by atoms with Crippen LogP contribution in [-0.2, 0) is 21.4 Å². The van der Waals surface area contributed by atoms with Crippen molar-refractivity contribution >= 4 is 21.6 Å². The highest BCUT2D eigenvalue weighted by Crippen LogP contribution is 2.27. The molecule has 7 nitrogen and oxygen atoms in total. The molecule has 1 aliphatic rings. The number of rotatable bonds is 8. The minimum absolute atomic E-state index is 0.106. The highest BCUT2D eigenvalue weighted by Gasteiger charge is 2.32. The average molecular weight is 494 g/mol. The van der Waals surface area contributed by atoms with Crippen LogP contribution in [0.15, 0.2) is 77.8 Å². The van der Waals surface area contributed by atoms with Crippen molar-refractivity contribution in [2.75, 3.05) is 18.4 Å². The lowest BCUT2D eigenvalue weighted by Gasteiger charge is -2.30. The molecule has 1 N–H and O–H groups in total. The molecule has 4 rings (SSSR count). The lowest BCUT2D eigenvalue weighted by atomic mass is 9.97. The Morgan fingerprint density at radius 3 is 2.46 bits per heavy atom. The summed E-state index contributed by atoms with van der Waals surface area (Å²) in [6.45, 7) is 5.13. The molecule has 2 aromatic carbocycles. The Labute approximate surface area is 207 Å². The first-order valence-electron chi connectivity index (χ1n) is 11.9. The number of anilines is 1. The second kappa shape index (κ2) is 11.0. The highest BCUT2D eigenvalue weighted by molar-refractivity contribution is 7.89. The Hall–Kier alpha value is -3.23. The van der Waals surface area contributed by atoms with Gasteiger partial charge in [0.25, 0.3) is 0 Å². The Morgan fingerprint density at radius 2 is 1.80 bits per heavy atom. The van der Waals surface area contributed by atoms with Crippen molar-refractivity contribution in [3.05, 3.63) is 84.2 Å². The Morgan fingerprint density at radius 1 is 1.06 bits per heavy atom. The summed E-state index contributed by atoms with van der Waals surface area (Å²) in [4.78, 5) is 17.4. The first-order chi connectivity index (χ1) is 16.8. The van der Waals surface area contributed by atoms with Crippen molar-refractivity contribution in [1.82, 2.24) is 9.29 Å². The number of ether oxygens (including phenoxy) is 1. The van der Waals surface area contributed by atoms with E-state index in [0.29, 0.717) is 54.8 Å². The zero-order valence-corrected chi connectivity index (χ0v) is 20.9. The third-order valence-electron chi connectivity index (χ3n) is 6.22. The van der Waals surface area contributed by atoms with Crippen molar-refractivity contribution < 1.29 is 17.9 Å². The molecule has 0 saturated carbocycles. The molecule has 3 aromatic rings. The molecular weight excluding hydrogens is 462 g/mol. The number of amides is 1. The van der Waals surface area contributed by atoms with Crippen LogP contribution in [0.4, 0.5) is 5.69 Å². The van der Waals surface area contributed by atoms with E-state index in [1.54, 1.807) is 24.4 Å². The van der Waals surface area contributed by atoms with Gasteiger partial charge in [0.05, 0.1) is 10.6 Å². The van der Waals surface area contributed by atoms with Crippen molar-refractivity contribution in [3.63, 3.8) is 0 Å². The van der Waals surface area contributed by atoms with Gasteiger partial charge in [0.15, 0.2) is 0 Å². The van der Waals surface area contributed by atoms with Crippen molar-refractivity contribution in [3.8, 4) is 5.75 Å². The first-order valence-corrected chi connectivity index (χ1v) is 13.3. The normalized spacial score (nSPS) is 15.2. The van der Waals surface area contributed by atoms with E-state index in [9.17, 15) is 13.2 Å². The molecule has 0 unspecified atom stereocenters. The quantitative estimate of drug-likeness (QED) is 0.486. The van der Waals surface area contributed by atoms with Gasteiger partial charge in [0, 0.05) is 37.0 Å². The van der Waals surface area contributed by atoms with Crippen molar-refractivity contribution in [2.45, 2.75) is 44.1 Å². The van der Waals surface area contributed by atoms with E-state index in [1.165, 1.54) is 4.31 Å². The van der Waals surface area contributed by atoms with Gasteiger partial charge in [-0.2, -0.15) is 4.31 Å². The molecule has 0 aliphatic carbocycles. The van der Waals surface area contributed by atoms with Crippen LogP contribution in [0.3, 0.4) is 0 Å². The summed E-state index contributed by atoms with van der Waals surface area (Å²) in [7, 11) is -3.57. The Kier molecular flexibility index (Phi) is 7.83. The molecule has 0 radical (unpaired) electrons. The standard InChI is InChI=1S/C27H31N3O4S/c1-20(2)21-9-11-26(12-10-21)35(32,33)30-16-13-22(14-17-30)27(31)29-23-7-5-8-25(18-23)34-19-24-6-3-4-15-28-24/h3-12,15,18,20,22H,13-14,16-17,19H2,1-2H3,(H,29,31). The van der Waals surface area contributed by atoms with Crippen LogP contribution in [0.25, 0.3) is 0 Å². The highest BCUT2D eigenvalue weighted by atomic mass is 32.2. The van der Waals surface area contributed by atoms with Gasteiger partial charge < -0.3 is 10.1 Å². The van der Waals surface area contributed by atoms with E-state index >= 15 is 0 Å². The second-order valence-corrected chi connectivity index (χ2v) is 11.0. The molecule has 1 aliphatic heterocycles. The molecule has 2 heterocycles. The summed E-state index contributed by atoms with van der Waals surface area (Å²) in [6, 6.07) is 20.0. The second-order valence-electron chi connectivity index (χ2n) is 9.03. The molecule has 1 saturated heterocycles. The minimum atomic E-state index is -3.57. The smallest absolute Gasteiger partial charge is 0.243 e.